The molecule has 1 aliphatic rings. The maximum Gasteiger partial charge on any atom is 0.254 e. The van der Waals surface area contributed by atoms with Crippen LogP contribution in [0.3, 0.4) is 0 Å². The molecule has 1 amide bonds. The number of halogens is 1. The van der Waals surface area contributed by atoms with Crippen molar-refractivity contribution in [3.63, 3.8) is 0 Å². The van der Waals surface area contributed by atoms with E-state index in [4.69, 9.17) is 4.74 Å². The predicted molar refractivity (Wildman–Crippen MR) is 103 cm³/mol. The summed E-state index contributed by atoms with van der Waals surface area (Å²) < 4.78 is 18.8. The number of nitrogens with zero attached hydrogens (tertiary/aromatic N) is 2. The zero-order valence-corrected chi connectivity index (χ0v) is 15.6. The maximum atomic E-state index is 13.0. The molecule has 0 N–H and O–H groups in total. The number of hydrogen-bond donors (Lipinski definition) is 0. The van der Waals surface area contributed by atoms with Crippen molar-refractivity contribution in [2.75, 3.05) is 13.1 Å². The normalized spacial score (nSPS) is 14.3. The fraction of sp³-hybridized carbons (Fsp3) is 0.273. The Morgan fingerprint density at radius 2 is 1.81 bits per heavy atom. The molecule has 1 aliphatic heterocycles. The van der Waals surface area contributed by atoms with Gasteiger partial charge in [0.05, 0.1) is 24.2 Å². The van der Waals surface area contributed by atoms with E-state index in [9.17, 15) is 9.18 Å². The summed E-state index contributed by atoms with van der Waals surface area (Å²) in [7, 11) is 0. The van der Waals surface area contributed by atoms with Gasteiger partial charge < -0.3 is 9.64 Å². The van der Waals surface area contributed by atoms with Crippen molar-refractivity contribution >= 4 is 16.8 Å². The Labute approximate surface area is 157 Å². The summed E-state index contributed by atoms with van der Waals surface area (Å²) in [6.07, 6.45) is -0.0717. The zero-order chi connectivity index (χ0) is 19.1. The molecule has 4 rings (SSSR count). The van der Waals surface area contributed by atoms with Gasteiger partial charge in [-0.15, -0.1) is 0 Å². The lowest BCUT2D eigenvalue weighted by Crippen LogP contribution is -2.56. The lowest BCUT2D eigenvalue weighted by atomic mass is 9.99. The minimum absolute atomic E-state index is 0.00675. The molecule has 138 valence electrons. The smallest absolute Gasteiger partial charge is 0.254 e. The first-order chi connectivity index (χ1) is 12.9. The number of ether oxygens (including phenoxy) is 1. The number of fused-ring (bicyclic) bond motifs is 1. The van der Waals surface area contributed by atoms with Crippen LogP contribution in [-0.4, -0.2) is 35.0 Å². The van der Waals surface area contributed by atoms with Crippen LogP contribution in [0.1, 0.15) is 27.2 Å². The predicted octanol–water partition coefficient (Wildman–Crippen LogP) is 4.20. The molecule has 0 atom stereocenters. The van der Waals surface area contributed by atoms with Gasteiger partial charge in [0.1, 0.15) is 17.7 Å². The highest BCUT2D eigenvalue weighted by Crippen LogP contribution is 2.27. The van der Waals surface area contributed by atoms with E-state index in [2.05, 4.69) is 4.98 Å². The van der Waals surface area contributed by atoms with Gasteiger partial charge in [-0.3, -0.25) is 9.78 Å². The molecule has 27 heavy (non-hydrogen) atoms. The summed E-state index contributed by atoms with van der Waals surface area (Å²) >= 11 is 0. The van der Waals surface area contributed by atoms with Crippen LogP contribution in [0.25, 0.3) is 10.9 Å². The van der Waals surface area contributed by atoms with Crippen molar-refractivity contribution in [2.24, 2.45) is 0 Å². The quantitative estimate of drug-likeness (QED) is 0.699. The van der Waals surface area contributed by atoms with Crippen molar-refractivity contribution in [1.29, 1.82) is 0 Å². The van der Waals surface area contributed by atoms with E-state index in [1.807, 2.05) is 39.0 Å². The fourth-order valence-electron chi connectivity index (χ4n) is 3.39. The average molecular weight is 364 g/mol. The van der Waals surface area contributed by atoms with Crippen LogP contribution in [0.4, 0.5) is 4.39 Å². The third-order valence-electron chi connectivity index (χ3n) is 5.12. The molecule has 2 heterocycles. The van der Waals surface area contributed by atoms with Crippen molar-refractivity contribution in [3.8, 4) is 5.75 Å². The lowest BCUT2D eigenvalue weighted by Gasteiger charge is -2.39. The van der Waals surface area contributed by atoms with E-state index in [1.165, 1.54) is 12.1 Å². The molecule has 4 nitrogen and oxygen atoms in total. The average Bonchev–Trinajstić information content (AvgIpc) is 2.62. The Morgan fingerprint density at radius 1 is 1.11 bits per heavy atom. The van der Waals surface area contributed by atoms with E-state index in [0.29, 0.717) is 24.4 Å². The Bertz CT molecular complexity index is 1020. The molecule has 2 aromatic carbocycles. The fourth-order valence-corrected chi connectivity index (χ4v) is 3.39. The number of carbonyl (C=O) groups is 1. The molecule has 3 aromatic rings. The first-order valence-electron chi connectivity index (χ1n) is 9.01. The van der Waals surface area contributed by atoms with Crippen LogP contribution in [0.5, 0.6) is 5.75 Å². The number of hydrogen-bond acceptors (Lipinski definition) is 3. The highest BCUT2D eigenvalue weighted by molar-refractivity contribution is 6.07. The Balaban J connectivity index is 1.53. The van der Waals surface area contributed by atoms with Crippen LogP contribution in [0, 0.1) is 26.6 Å². The van der Waals surface area contributed by atoms with Crippen LogP contribution in [-0.2, 0) is 0 Å². The molecule has 0 radical (unpaired) electrons. The minimum atomic E-state index is -0.293. The van der Waals surface area contributed by atoms with Crippen LogP contribution in [0.15, 0.2) is 42.5 Å². The molecule has 5 heteroatoms. The lowest BCUT2D eigenvalue weighted by molar-refractivity contribution is 0.0179. The Morgan fingerprint density at radius 3 is 2.52 bits per heavy atom. The highest BCUT2D eigenvalue weighted by atomic mass is 19.1. The molecule has 1 saturated heterocycles. The summed E-state index contributed by atoms with van der Waals surface area (Å²) in [5, 5.41) is 0.886. The van der Waals surface area contributed by atoms with E-state index in [-0.39, 0.29) is 17.8 Å². The molecular weight excluding hydrogens is 343 g/mol. The molecule has 1 aromatic heterocycles. The van der Waals surface area contributed by atoms with Gasteiger partial charge in [0.2, 0.25) is 0 Å². The van der Waals surface area contributed by atoms with Crippen LogP contribution < -0.4 is 4.74 Å². The first kappa shape index (κ1) is 17.5. The second-order valence-electron chi connectivity index (χ2n) is 7.12. The molecule has 0 unspecified atom stereocenters. The van der Waals surface area contributed by atoms with Gasteiger partial charge in [0.15, 0.2) is 0 Å². The molecule has 0 bridgehead atoms. The molecule has 0 saturated carbocycles. The second-order valence-corrected chi connectivity index (χ2v) is 7.12. The van der Waals surface area contributed by atoms with E-state index < -0.39 is 0 Å². The second kappa shape index (κ2) is 6.65. The van der Waals surface area contributed by atoms with E-state index in [1.54, 1.807) is 17.0 Å². The Hall–Kier alpha value is -2.95. The number of aryl methyl sites for hydroxylation is 3. The van der Waals surface area contributed by atoms with Crippen molar-refractivity contribution in [1.82, 2.24) is 9.88 Å². The summed E-state index contributed by atoms with van der Waals surface area (Å²) in [5.74, 6) is 0.316. The summed E-state index contributed by atoms with van der Waals surface area (Å²) in [6, 6.07) is 11.8. The number of aromatic nitrogens is 1. The summed E-state index contributed by atoms with van der Waals surface area (Å²) in [4.78, 5) is 19.4. The van der Waals surface area contributed by atoms with Gasteiger partial charge in [0.25, 0.3) is 5.91 Å². The summed E-state index contributed by atoms with van der Waals surface area (Å²) in [6.45, 7) is 7.03. The molecule has 0 aliphatic carbocycles. The molecule has 0 spiro atoms. The van der Waals surface area contributed by atoms with Gasteiger partial charge in [-0.25, -0.2) is 4.39 Å². The number of pyridine rings is 1. The van der Waals surface area contributed by atoms with Crippen molar-refractivity contribution in [3.05, 3.63) is 70.7 Å². The largest absolute Gasteiger partial charge is 0.487 e. The Kier molecular flexibility index (Phi) is 4.30. The van der Waals surface area contributed by atoms with Crippen molar-refractivity contribution < 1.29 is 13.9 Å². The number of benzene rings is 2. The molecular formula is C22H21FN2O2. The minimum Gasteiger partial charge on any atom is -0.487 e. The summed E-state index contributed by atoms with van der Waals surface area (Å²) in [5.41, 5.74) is 4.67. The SMILES string of the molecule is Cc1cc(C(=O)N2CC(Oc3ccc(F)cc3)C2)c2ccc(C)c(C)c2n1. The van der Waals surface area contributed by atoms with Crippen LogP contribution in [0.2, 0.25) is 0 Å². The van der Waals surface area contributed by atoms with Gasteiger partial charge in [-0.2, -0.15) is 0 Å². The van der Waals surface area contributed by atoms with E-state index in [0.717, 1.165) is 27.7 Å². The monoisotopic (exact) mass is 364 g/mol. The third kappa shape index (κ3) is 3.25. The molecule has 1 fully saturated rings. The van der Waals surface area contributed by atoms with Gasteiger partial charge in [-0.05, 0) is 62.2 Å². The van der Waals surface area contributed by atoms with Gasteiger partial charge >= 0.3 is 0 Å². The number of likely N-dealkylation sites (tertiary alicyclic amines) is 1. The van der Waals surface area contributed by atoms with Gasteiger partial charge in [-0.1, -0.05) is 12.1 Å². The number of carbonyl (C=O) groups excluding carboxylic acids is 1. The zero-order valence-electron chi connectivity index (χ0n) is 15.6. The van der Waals surface area contributed by atoms with Crippen molar-refractivity contribution in [2.45, 2.75) is 26.9 Å². The standard InChI is InChI=1S/C22H21FN2O2/c1-13-4-9-19-20(10-14(2)24-21(19)15(13)3)22(26)25-11-18(12-25)27-17-7-5-16(23)6-8-17/h4-10,18H,11-12H2,1-3H3. The highest BCUT2D eigenvalue weighted by Gasteiger charge is 2.33. The number of rotatable bonds is 3. The third-order valence-corrected chi connectivity index (χ3v) is 5.12. The first-order valence-corrected chi connectivity index (χ1v) is 9.01. The number of amides is 1. The maximum absolute atomic E-state index is 13.0. The van der Waals surface area contributed by atoms with E-state index >= 15 is 0 Å². The van der Waals surface area contributed by atoms with Crippen LogP contribution >= 0.6 is 0 Å². The van der Waals surface area contributed by atoms with Gasteiger partial charge in [0, 0.05) is 11.1 Å². The topological polar surface area (TPSA) is 42.4 Å².